The highest BCUT2D eigenvalue weighted by Gasteiger charge is 2.16. The van der Waals surface area contributed by atoms with E-state index in [2.05, 4.69) is 10.3 Å². The van der Waals surface area contributed by atoms with Crippen molar-refractivity contribution in [3.05, 3.63) is 42.6 Å². The molecule has 3 rings (SSSR count). The molecule has 0 aliphatic heterocycles. The smallest absolute Gasteiger partial charge is 0.299 e. The van der Waals surface area contributed by atoms with Crippen LogP contribution in [0.1, 0.15) is 6.92 Å². The number of hydrogen-bond acceptors (Lipinski definition) is 8. The lowest BCUT2D eigenvalue weighted by atomic mass is 10.1. The van der Waals surface area contributed by atoms with Crippen molar-refractivity contribution in [1.82, 2.24) is 4.98 Å². The standard InChI is InChI=1S/C20H22N2O6S/c1-5-29(23,24)14-7-9-16(25-2)15(11-14)22-20-21-12-19(28-20)13-6-8-17(26-3)18(10-13)27-4/h6-12H,5H2,1-4H3,(H,21,22). The number of oxazole rings is 1. The van der Waals surface area contributed by atoms with Gasteiger partial charge < -0.3 is 23.9 Å². The maximum absolute atomic E-state index is 12.2. The van der Waals surface area contributed by atoms with Crippen molar-refractivity contribution >= 4 is 21.5 Å². The summed E-state index contributed by atoms with van der Waals surface area (Å²) in [4.78, 5) is 4.41. The van der Waals surface area contributed by atoms with Crippen molar-refractivity contribution in [2.45, 2.75) is 11.8 Å². The third-order valence-electron chi connectivity index (χ3n) is 4.33. The van der Waals surface area contributed by atoms with Crippen LogP contribution in [0.25, 0.3) is 11.3 Å². The van der Waals surface area contributed by atoms with Crippen LogP contribution in [0.15, 0.2) is 51.9 Å². The zero-order valence-electron chi connectivity index (χ0n) is 16.6. The maximum atomic E-state index is 12.2. The van der Waals surface area contributed by atoms with Gasteiger partial charge in [0.2, 0.25) is 0 Å². The summed E-state index contributed by atoms with van der Waals surface area (Å²) in [6, 6.07) is 10.2. The average molecular weight is 418 g/mol. The quantitative estimate of drug-likeness (QED) is 0.588. The first-order valence-corrected chi connectivity index (χ1v) is 10.4. The van der Waals surface area contributed by atoms with Gasteiger partial charge in [-0.25, -0.2) is 13.4 Å². The van der Waals surface area contributed by atoms with Crippen LogP contribution in [-0.4, -0.2) is 40.5 Å². The van der Waals surface area contributed by atoms with Gasteiger partial charge in [-0.05, 0) is 36.4 Å². The fraction of sp³-hybridized carbons (Fsp3) is 0.250. The van der Waals surface area contributed by atoms with Crippen molar-refractivity contribution in [2.24, 2.45) is 0 Å². The molecule has 0 aliphatic rings. The monoisotopic (exact) mass is 418 g/mol. The molecule has 0 fully saturated rings. The van der Waals surface area contributed by atoms with Crippen molar-refractivity contribution in [1.29, 1.82) is 0 Å². The Hall–Kier alpha value is -3.20. The van der Waals surface area contributed by atoms with E-state index in [1.165, 1.54) is 19.2 Å². The third-order valence-corrected chi connectivity index (χ3v) is 6.06. The van der Waals surface area contributed by atoms with Gasteiger partial charge in [-0.15, -0.1) is 0 Å². The normalized spacial score (nSPS) is 11.2. The lowest BCUT2D eigenvalue weighted by molar-refractivity contribution is 0.355. The number of ether oxygens (including phenoxy) is 3. The van der Waals surface area contributed by atoms with Crippen molar-refractivity contribution in [3.63, 3.8) is 0 Å². The number of hydrogen-bond donors (Lipinski definition) is 1. The number of sulfone groups is 1. The lowest BCUT2D eigenvalue weighted by Gasteiger charge is -2.11. The SMILES string of the molecule is CCS(=O)(=O)c1ccc(OC)c(Nc2ncc(-c3ccc(OC)c(OC)c3)o2)c1. The minimum absolute atomic E-state index is 0.00121. The molecule has 0 bridgehead atoms. The highest BCUT2D eigenvalue weighted by molar-refractivity contribution is 7.91. The fourth-order valence-electron chi connectivity index (χ4n) is 2.71. The van der Waals surface area contributed by atoms with Gasteiger partial charge in [0, 0.05) is 5.56 Å². The lowest BCUT2D eigenvalue weighted by Crippen LogP contribution is -2.05. The second-order valence-corrected chi connectivity index (χ2v) is 8.27. The molecular formula is C20H22N2O6S. The van der Waals surface area contributed by atoms with E-state index in [1.807, 2.05) is 6.07 Å². The molecule has 0 radical (unpaired) electrons. The van der Waals surface area contributed by atoms with E-state index in [0.717, 1.165) is 5.56 Å². The Morgan fingerprint density at radius 1 is 0.966 bits per heavy atom. The van der Waals surface area contributed by atoms with Gasteiger partial charge in [-0.1, -0.05) is 6.92 Å². The van der Waals surface area contributed by atoms with Crippen LogP contribution in [0.4, 0.5) is 11.7 Å². The largest absolute Gasteiger partial charge is 0.495 e. The summed E-state index contributed by atoms with van der Waals surface area (Å²) in [6.07, 6.45) is 1.56. The van der Waals surface area contributed by atoms with Crippen molar-refractivity contribution in [3.8, 4) is 28.6 Å². The van der Waals surface area contributed by atoms with E-state index in [1.54, 1.807) is 45.5 Å². The zero-order valence-corrected chi connectivity index (χ0v) is 17.4. The van der Waals surface area contributed by atoms with Gasteiger partial charge >= 0.3 is 0 Å². The van der Waals surface area contributed by atoms with Crippen LogP contribution in [0.2, 0.25) is 0 Å². The number of benzene rings is 2. The molecule has 154 valence electrons. The third kappa shape index (κ3) is 4.29. The van der Waals surface area contributed by atoms with Gasteiger partial charge in [-0.3, -0.25) is 0 Å². The van der Waals surface area contributed by atoms with E-state index >= 15 is 0 Å². The van der Waals surface area contributed by atoms with Crippen LogP contribution in [-0.2, 0) is 9.84 Å². The van der Waals surface area contributed by atoms with E-state index in [9.17, 15) is 8.42 Å². The molecule has 0 aliphatic carbocycles. The number of methoxy groups -OCH3 is 3. The van der Waals surface area contributed by atoms with E-state index < -0.39 is 9.84 Å². The molecule has 9 heteroatoms. The number of rotatable bonds is 8. The second kappa shape index (κ2) is 8.44. The number of anilines is 2. The van der Waals surface area contributed by atoms with Gasteiger partial charge in [0.05, 0.1) is 43.9 Å². The molecule has 1 N–H and O–H groups in total. The summed E-state index contributed by atoms with van der Waals surface area (Å²) >= 11 is 0. The van der Waals surface area contributed by atoms with Crippen molar-refractivity contribution < 1.29 is 27.0 Å². The Morgan fingerprint density at radius 3 is 2.31 bits per heavy atom. The predicted molar refractivity (Wildman–Crippen MR) is 109 cm³/mol. The van der Waals surface area contributed by atoms with E-state index in [-0.39, 0.29) is 16.7 Å². The summed E-state index contributed by atoms with van der Waals surface area (Å²) in [6.45, 7) is 1.59. The maximum Gasteiger partial charge on any atom is 0.299 e. The molecule has 0 spiro atoms. The Balaban J connectivity index is 1.91. The Morgan fingerprint density at radius 2 is 1.66 bits per heavy atom. The molecule has 2 aromatic carbocycles. The van der Waals surface area contributed by atoms with Crippen LogP contribution >= 0.6 is 0 Å². The zero-order chi connectivity index (χ0) is 21.0. The molecular weight excluding hydrogens is 396 g/mol. The predicted octanol–water partition coefficient (Wildman–Crippen LogP) is 3.90. The fourth-order valence-corrected chi connectivity index (χ4v) is 3.62. The molecule has 1 heterocycles. The first-order chi connectivity index (χ1) is 13.9. The molecule has 8 nitrogen and oxygen atoms in total. The summed E-state index contributed by atoms with van der Waals surface area (Å²) < 4.78 is 46.0. The Bertz CT molecular complexity index is 1110. The van der Waals surface area contributed by atoms with Gasteiger partial charge in [0.25, 0.3) is 6.01 Å². The summed E-state index contributed by atoms with van der Waals surface area (Å²) in [5.41, 5.74) is 1.18. The van der Waals surface area contributed by atoms with Crippen LogP contribution in [0, 0.1) is 0 Å². The van der Waals surface area contributed by atoms with E-state index in [4.69, 9.17) is 18.6 Å². The number of nitrogens with zero attached hydrogens (tertiary/aromatic N) is 1. The van der Waals surface area contributed by atoms with Crippen LogP contribution < -0.4 is 19.5 Å². The first-order valence-electron chi connectivity index (χ1n) is 8.78. The molecule has 3 aromatic rings. The highest BCUT2D eigenvalue weighted by atomic mass is 32.2. The van der Waals surface area contributed by atoms with E-state index in [0.29, 0.717) is 28.7 Å². The minimum atomic E-state index is -3.36. The van der Waals surface area contributed by atoms with Gasteiger partial charge in [-0.2, -0.15) is 0 Å². The average Bonchev–Trinajstić information content (AvgIpc) is 3.21. The summed E-state index contributed by atoms with van der Waals surface area (Å²) in [5, 5.41) is 2.98. The second-order valence-electron chi connectivity index (χ2n) is 5.99. The first kappa shape index (κ1) is 20.5. The number of aromatic nitrogens is 1. The summed E-state index contributed by atoms with van der Waals surface area (Å²) in [5.74, 6) is 2.14. The van der Waals surface area contributed by atoms with Gasteiger partial charge in [0.15, 0.2) is 27.1 Å². The number of nitrogens with one attached hydrogen (secondary N) is 1. The summed E-state index contributed by atoms with van der Waals surface area (Å²) in [7, 11) is 1.25. The molecule has 0 amide bonds. The molecule has 0 saturated heterocycles. The topological polar surface area (TPSA) is 99.9 Å². The molecule has 0 atom stereocenters. The molecule has 0 saturated carbocycles. The molecule has 1 aromatic heterocycles. The molecule has 29 heavy (non-hydrogen) atoms. The Kier molecular flexibility index (Phi) is 5.97. The van der Waals surface area contributed by atoms with Crippen molar-refractivity contribution in [2.75, 3.05) is 32.4 Å². The van der Waals surface area contributed by atoms with Crippen LogP contribution in [0.5, 0.6) is 17.2 Å². The minimum Gasteiger partial charge on any atom is -0.495 e. The highest BCUT2D eigenvalue weighted by Crippen LogP contribution is 2.35. The van der Waals surface area contributed by atoms with Crippen LogP contribution in [0.3, 0.4) is 0 Å². The molecule has 0 unspecified atom stereocenters. The Labute approximate surface area is 169 Å². The van der Waals surface area contributed by atoms with Gasteiger partial charge in [0.1, 0.15) is 5.75 Å².